The molecule has 1 saturated carbocycles. The summed E-state index contributed by atoms with van der Waals surface area (Å²) in [6, 6.07) is 6.39. The lowest BCUT2D eigenvalue weighted by molar-refractivity contribution is 0.256. The van der Waals surface area contributed by atoms with Crippen molar-refractivity contribution in [2.24, 2.45) is 4.99 Å². The number of hydrogen-bond donors (Lipinski definition) is 0. The molecule has 0 N–H and O–H groups in total. The molecule has 1 aliphatic carbocycles. The molecule has 0 saturated heterocycles. The number of aliphatic imine (C=N–C) groups is 1. The van der Waals surface area contributed by atoms with Gasteiger partial charge in [0, 0.05) is 17.8 Å². The van der Waals surface area contributed by atoms with Crippen LogP contribution in [-0.2, 0) is 15.7 Å². The van der Waals surface area contributed by atoms with E-state index in [1.807, 2.05) is 12.4 Å². The van der Waals surface area contributed by atoms with Crippen molar-refractivity contribution < 1.29 is 4.79 Å². The Hall–Kier alpha value is -1.99. The summed E-state index contributed by atoms with van der Waals surface area (Å²) >= 11 is 0. The lowest BCUT2D eigenvalue weighted by Gasteiger charge is -2.37. The fourth-order valence-electron chi connectivity index (χ4n) is 3.13. The first-order valence-corrected chi connectivity index (χ1v) is 7.44. The standard InChI is InChI=1S/C18H20N2O/c1-17(2,3)16-11-19-10-13-9-14(5-6-15(13)16)18(20-12-21)7-4-8-18/h5-6,9-11H,4,7-8H2,1-3H3. The highest BCUT2D eigenvalue weighted by molar-refractivity contribution is 5.86. The fourth-order valence-corrected chi connectivity index (χ4v) is 3.13. The van der Waals surface area contributed by atoms with Crippen molar-refractivity contribution in [1.29, 1.82) is 0 Å². The van der Waals surface area contributed by atoms with Crippen LogP contribution in [0.1, 0.15) is 51.2 Å². The Morgan fingerprint density at radius 3 is 2.57 bits per heavy atom. The smallest absolute Gasteiger partial charge is 0.235 e. The molecule has 0 spiro atoms. The van der Waals surface area contributed by atoms with Crippen molar-refractivity contribution in [2.75, 3.05) is 0 Å². The largest absolute Gasteiger partial charge is 0.264 e. The summed E-state index contributed by atoms with van der Waals surface area (Å²) in [5.41, 5.74) is 2.07. The predicted octanol–water partition coefficient (Wildman–Crippen LogP) is 4.25. The van der Waals surface area contributed by atoms with E-state index in [2.05, 4.69) is 48.9 Å². The molecule has 0 unspecified atom stereocenters. The van der Waals surface area contributed by atoms with E-state index < -0.39 is 0 Å². The van der Waals surface area contributed by atoms with Crippen LogP contribution in [0.3, 0.4) is 0 Å². The molecule has 3 heteroatoms. The van der Waals surface area contributed by atoms with Crippen LogP contribution in [0.2, 0.25) is 0 Å². The maximum Gasteiger partial charge on any atom is 0.235 e. The van der Waals surface area contributed by atoms with E-state index in [0.29, 0.717) is 0 Å². The molecule has 1 aromatic heterocycles. The Morgan fingerprint density at radius 2 is 2.00 bits per heavy atom. The Morgan fingerprint density at radius 1 is 1.24 bits per heavy atom. The zero-order chi connectivity index (χ0) is 15.1. The summed E-state index contributed by atoms with van der Waals surface area (Å²) in [5.74, 6) is 0. The van der Waals surface area contributed by atoms with Gasteiger partial charge in [0.2, 0.25) is 6.08 Å². The van der Waals surface area contributed by atoms with Gasteiger partial charge in [-0.1, -0.05) is 32.9 Å². The number of aromatic nitrogens is 1. The van der Waals surface area contributed by atoms with Crippen molar-refractivity contribution >= 4 is 16.9 Å². The molecule has 108 valence electrons. The van der Waals surface area contributed by atoms with Gasteiger partial charge in [-0.15, -0.1) is 0 Å². The van der Waals surface area contributed by atoms with Gasteiger partial charge in [0.25, 0.3) is 0 Å². The molecule has 0 atom stereocenters. The second kappa shape index (κ2) is 4.78. The first kappa shape index (κ1) is 14.0. The van der Waals surface area contributed by atoms with Gasteiger partial charge in [-0.3, -0.25) is 4.98 Å². The molecular formula is C18H20N2O. The Kier molecular flexibility index (Phi) is 3.18. The molecule has 1 aromatic carbocycles. The number of rotatable bonds is 2. The molecule has 3 nitrogen and oxygen atoms in total. The third-order valence-electron chi connectivity index (χ3n) is 4.54. The van der Waals surface area contributed by atoms with Gasteiger partial charge in [-0.2, -0.15) is 4.99 Å². The lowest BCUT2D eigenvalue weighted by atomic mass is 9.72. The third-order valence-corrected chi connectivity index (χ3v) is 4.54. The van der Waals surface area contributed by atoms with Crippen LogP contribution in [0.4, 0.5) is 0 Å². The second-order valence-electron chi connectivity index (χ2n) is 6.96. The molecule has 0 radical (unpaired) electrons. The lowest BCUT2D eigenvalue weighted by Crippen LogP contribution is -2.31. The molecule has 2 aromatic rings. The average Bonchev–Trinajstić information content (AvgIpc) is 2.40. The van der Waals surface area contributed by atoms with Gasteiger partial charge in [0.05, 0.1) is 5.54 Å². The van der Waals surface area contributed by atoms with Crippen LogP contribution < -0.4 is 0 Å². The molecule has 0 bridgehead atoms. The molecule has 0 aliphatic heterocycles. The van der Waals surface area contributed by atoms with Gasteiger partial charge in [0.15, 0.2) is 0 Å². The van der Waals surface area contributed by atoms with Crippen LogP contribution in [0.5, 0.6) is 0 Å². The Balaban J connectivity index is 2.16. The normalized spacial score (nSPS) is 17.1. The number of benzene rings is 1. The minimum Gasteiger partial charge on any atom is -0.264 e. The first-order chi connectivity index (χ1) is 9.96. The van der Waals surface area contributed by atoms with E-state index >= 15 is 0 Å². The molecule has 1 aliphatic rings. The zero-order valence-electron chi connectivity index (χ0n) is 12.8. The number of hydrogen-bond acceptors (Lipinski definition) is 3. The molecule has 0 amide bonds. The summed E-state index contributed by atoms with van der Waals surface area (Å²) < 4.78 is 0. The molecular weight excluding hydrogens is 260 g/mol. The maximum atomic E-state index is 10.7. The number of isocyanates is 1. The van der Waals surface area contributed by atoms with Crippen molar-refractivity contribution in [3.05, 3.63) is 41.7 Å². The number of pyridine rings is 1. The number of fused-ring (bicyclic) bond motifs is 1. The van der Waals surface area contributed by atoms with E-state index in [1.165, 1.54) is 10.9 Å². The minimum atomic E-state index is -0.340. The number of nitrogens with zero attached hydrogens (tertiary/aromatic N) is 2. The summed E-state index contributed by atoms with van der Waals surface area (Å²) in [5, 5.41) is 2.35. The van der Waals surface area contributed by atoms with Gasteiger partial charge in [-0.25, -0.2) is 4.79 Å². The highest BCUT2D eigenvalue weighted by Gasteiger charge is 2.39. The van der Waals surface area contributed by atoms with E-state index in [4.69, 9.17) is 0 Å². The highest BCUT2D eigenvalue weighted by atomic mass is 16.1. The van der Waals surface area contributed by atoms with Gasteiger partial charge in [0.1, 0.15) is 0 Å². The summed E-state index contributed by atoms with van der Waals surface area (Å²) in [6.45, 7) is 6.59. The molecule has 21 heavy (non-hydrogen) atoms. The van der Waals surface area contributed by atoms with Gasteiger partial charge >= 0.3 is 0 Å². The van der Waals surface area contributed by atoms with Crippen LogP contribution in [0.15, 0.2) is 35.6 Å². The molecule has 1 fully saturated rings. The topological polar surface area (TPSA) is 42.3 Å². The van der Waals surface area contributed by atoms with Crippen molar-refractivity contribution in [2.45, 2.75) is 51.0 Å². The Bertz CT molecular complexity index is 732. The van der Waals surface area contributed by atoms with E-state index in [1.54, 1.807) is 6.08 Å². The van der Waals surface area contributed by atoms with Crippen LogP contribution in [0, 0.1) is 0 Å². The van der Waals surface area contributed by atoms with Crippen molar-refractivity contribution in [3.8, 4) is 0 Å². The molecule has 3 rings (SSSR count). The van der Waals surface area contributed by atoms with Crippen LogP contribution >= 0.6 is 0 Å². The highest BCUT2D eigenvalue weighted by Crippen LogP contribution is 2.45. The third kappa shape index (κ3) is 2.28. The van der Waals surface area contributed by atoms with Crippen molar-refractivity contribution in [1.82, 2.24) is 4.98 Å². The first-order valence-electron chi connectivity index (χ1n) is 7.44. The second-order valence-corrected chi connectivity index (χ2v) is 6.96. The minimum absolute atomic E-state index is 0.0587. The predicted molar refractivity (Wildman–Crippen MR) is 84.1 cm³/mol. The fraction of sp³-hybridized carbons (Fsp3) is 0.444. The van der Waals surface area contributed by atoms with Crippen LogP contribution in [-0.4, -0.2) is 11.1 Å². The summed E-state index contributed by atoms with van der Waals surface area (Å²) in [4.78, 5) is 19.2. The summed E-state index contributed by atoms with van der Waals surface area (Å²) in [7, 11) is 0. The van der Waals surface area contributed by atoms with E-state index in [-0.39, 0.29) is 11.0 Å². The average molecular weight is 280 g/mol. The monoisotopic (exact) mass is 280 g/mol. The van der Waals surface area contributed by atoms with E-state index in [0.717, 1.165) is 30.2 Å². The summed E-state index contributed by atoms with van der Waals surface area (Å²) in [6.07, 6.45) is 8.57. The number of carbonyl (C=O) groups excluding carboxylic acids is 1. The quantitative estimate of drug-likeness (QED) is 0.609. The van der Waals surface area contributed by atoms with E-state index in [9.17, 15) is 4.79 Å². The van der Waals surface area contributed by atoms with Gasteiger partial charge < -0.3 is 0 Å². The van der Waals surface area contributed by atoms with Crippen molar-refractivity contribution in [3.63, 3.8) is 0 Å². The molecule has 1 heterocycles. The van der Waals surface area contributed by atoms with Crippen LogP contribution in [0.25, 0.3) is 10.8 Å². The zero-order valence-corrected chi connectivity index (χ0v) is 12.8. The Labute approximate surface area is 125 Å². The SMILES string of the molecule is CC(C)(C)c1cncc2cc(C3(N=C=O)CCC3)ccc12. The maximum absolute atomic E-state index is 10.7. The van der Waals surface area contributed by atoms with Gasteiger partial charge in [-0.05, 0) is 47.3 Å².